The van der Waals surface area contributed by atoms with Crippen molar-refractivity contribution in [3.8, 4) is 0 Å². The number of nitrogens with one attached hydrogen (secondary N) is 1. The molecule has 2 heterocycles. The van der Waals surface area contributed by atoms with Gasteiger partial charge in [-0.2, -0.15) is 4.98 Å². The van der Waals surface area contributed by atoms with E-state index < -0.39 is 0 Å². The molecule has 2 aromatic heterocycles. The van der Waals surface area contributed by atoms with Crippen LogP contribution in [0.5, 0.6) is 0 Å². The molecule has 2 aromatic rings. The Morgan fingerprint density at radius 3 is 2.80 bits per heavy atom. The predicted octanol–water partition coefficient (Wildman–Crippen LogP) is 4.14. The van der Waals surface area contributed by atoms with Crippen LogP contribution in [0.4, 0.5) is 11.8 Å². The first-order chi connectivity index (χ1) is 9.67. The highest BCUT2D eigenvalue weighted by Gasteiger charge is 2.16. The topological polar surface area (TPSA) is 41.1 Å². The second-order valence-electron chi connectivity index (χ2n) is 5.19. The zero-order valence-electron chi connectivity index (χ0n) is 12.8. The number of aromatic nitrogens is 2. The molecule has 0 aliphatic carbocycles. The van der Waals surface area contributed by atoms with Crippen molar-refractivity contribution in [1.82, 2.24) is 9.97 Å². The Labute approximate surface area is 125 Å². The molecule has 0 saturated carbocycles. The van der Waals surface area contributed by atoms with Gasteiger partial charge in [0.25, 0.3) is 0 Å². The van der Waals surface area contributed by atoms with Gasteiger partial charge in [0.2, 0.25) is 5.95 Å². The molecule has 1 N–H and O–H groups in total. The summed E-state index contributed by atoms with van der Waals surface area (Å²) in [6, 6.07) is 2.60. The van der Waals surface area contributed by atoms with Crippen molar-refractivity contribution in [2.45, 2.75) is 46.1 Å². The van der Waals surface area contributed by atoms with Gasteiger partial charge in [0.1, 0.15) is 10.6 Å². The summed E-state index contributed by atoms with van der Waals surface area (Å²) >= 11 is 1.67. The van der Waals surface area contributed by atoms with E-state index in [1.165, 1.54) is 12.8 Å². The summed E-state index contributed by atoms with van der Waals surface area (Å²) in [5, 5.41) is 6.54. The lowest BCUT2D eigenvalue weighted by Crippen LogP contribution is -2.29. The first-order valence-corrected chi connectivity index (χ1v) is 8.27. The summed E-state index contributed by atoms with van der Waals surface area (Å²) in [6.07, 6.45) is 3.43. The fraction of sp³-hybridized carbons (Fsp3) is 0.600. The summed E-state index contributed by atoms with van der Waals surface area (Å²) in [5.41, 5.74) is 0. The van der Waals surface area contributed by atoms with Gasteiger partial charge in [-0.15, -0.1) is 11.3 Å². The molecule has 0 aromatic carbocycles. The molecule has 5 heteroatoms. The third-order valence-electron chi connectivity index (χ3n) is 3.54. The molecule has 110 valence electrons. The largest absolute Gasteiger partial charge is 0.356 e. The minimum atomic E-state index is 0.483. The van der Waals surface area contributed by atoms with Gasteiger partial charge in [0.15, 0.2) is 0 Å². The monoisotopic (exact) mass is 292 g/mol. The van der Waals surface area contributed by atoms with Crippen LogP contribution >= 0.6 is 11.3 Å². The summed E-state index contributed by atoms with van der Waals surface area (Å²) in [6.45, 7) is 7.53. The zero-order valence-corrected chi connectivity index (χ0v) is 13.6. The van der Waals surface area contributed by atoms with Crippen LogP contribution in [0.25, 0.3) is 10.2 Å². The highest BCUT2D eigenvalue weighted by atomic mass is 32.1. The Morgan fingerprint density at radius 1 is 1.30 bits per heavy atom. The molecule has 0 saturated heterocycles. The summed E-state index contributed by atoms with van der Waals surface area (Å²) < 4.78 is 0. The first-order valence-electron chi connectivity index (χ1n) is 7.39. The number of anilines is 2. The smallest absolute Gasteiger partial charge is 0.226 e. The molecule has 0 fully saturated rings. The average Bonchev–Trinajstić information content (AvgIpc) is 2.91. The molecule has 4 nitrogen and oxygen atoms in total. The molecular formula is C15H24N4S. The van der Waals surface area contributed by atoms with Crippen LogP contribution in [0, 0.1) is 0 Å². The number of fused-ring (bicyclic) bond motifs is 1. The van der Waals surface area contributed by atoms with E-state index in [0.29, 0.717) is 6.04 Å². The van der Waals surface area contributed by atoms with Crippen molar-refractivity contribution in [3.63, 3.8) is 0 Å². The number of rotatable bonds is 7. The van der Waals surface area contributed by atoms with E-state index >= 15 is 0 Å². The SMILES string of the molecule is CCCNc1nc(N(C)C(C)CCC)c2ccsc2n1. The second-order valence-corrected chi connectivity index (χ2v) is 6.08. The summed E-state index contributed by atoms with van der Waals surface area (Å²) in [5.74, 6) is 1.78. The minimum absolute atomic E-state index is 0.483. The fourth-order valence-corrected chi connectivity index (χ4v) is 3.00. The van der Waals surface area contributed by atoms with Crippen molar-refractivity contribution in [3.05, 3.63) is 11.4 Å². The predicted molar refractivity (Wildman–Crippen MR) is 89.0 cm³/mol. The quantitative estimate of drug-likeness (QED) is 0.832. The van der Waals surface area contributed by atoms with Crippen LogP contribution in [-0.4, -0.2) is 29.6 Å². The number of nitrogens with zero attached hydrogens (tertiary/aromatic N) is 3. The molecular weight excluding hydrogens is 268 g/mol. The maximum Gasteiger partial charge on any atom is 0.226 e. The van der Waals surface area contributed by atoms with Gasteiger partial charge in [0, 0.05) is 19.6 Å². The highest BCUT2D eigenvalue weighted by molar-refractivity contribution is 7.16. The second kappa shape index (κ2) is 6.88. The van der Waals surface area contributed by atoms with Gasteiger partial charge in [-0.25, -0.2) is 4.98 Å². The van der Waals surface area contributed by atoms with Crippen LogP contribution in [0.1, 0.15) is 40.0 Å². The van der Waals surface area contributed by atoms with Crippen LogP contribution in [0.2, 0.25) is 0 Å². The third kappa shape index (κ3) is 3.20. The molecule has 1 unspecified atom stereocenters. The van der Waals surface area contributed by atoms with Gasteiger partial charge in [-0.3, -0.25) is 0 Å². The Kier molecular flexibility index (Phi) is 5.17. The van der Waals surface area contributed by atoms with Crippen LogP contribution in [0.15, 0.2) is 11.4 Å². The molecule has 1 atom stereocenters. The van der Waals surface area contributed by atoms with E-state index in [1.807, 2.05) is 0 Å². The van der Waals surface area contributed by atoms with Crippen molar-refractivity contribution in [2.24, 2.45) is 0 Å². The minimum Gasteiger partial charge on any atom is -0.356 e. The number of thiophene rings is 1. The van der Waals surface area contributed by atoms with E-state index in [1.54, 1.807) is 11.3 Å². The highest BCUT2D eigenvalue weighted by Crippen LogP contribution is 2.30. The van der Waals surface area contributed by atoms with E-state index in [4.69, 9.17) is 4.98 Å². The molecule has 0 amide bonds. The van der Waals surface area contributed by atoms with Gasteiger partial charge in [-0.1, -0.05) is 20.3 Å². The lowest BCUT2D eigenvalue weighted by atomic mass is 10.1. The van der Waals surface area contributed by atoms with Crippen molar-refractivity contribution >= 4 is 33.3 Å². The van der Waals surface area contributed by atoms with Gasteiger partial charge >= 0.3 is 0 Å². The van der Waals surface area contributed by atoms with E-state index in [9.17, 15) is 0 Å². The Bertz CT molecular complexity index is 552. The Morgan fingerprint density at radius 2 is 2.10 bits per heavy atom. The lowest BCUT2D eigenvalue weighted by molar-refractivity contribution is 0.612. The summed E-state index contributed by atoms with van der Waals surface area (Å²) in [4.78, 5) is 12.6. The van der Waals surface area contributed by atoms with Crippen LogP contribution < -0.4 is 10.2 Å². The number of hydrogen-bond acceptors (Lipinski definition) is 5. The third-order valence-corrected chi connectivity index (χ3v) is 4.35. The maximum absolute atomic E-state index is 4.72. The molecule has 0 aliphatic heterocycles. The molecule has 0 bridgehead atoms. The maximum atomic E-state index is 4.72. The number of hydrogen-bond donors (Lipinski definition) is 1. The van der Waals surface area contributed by atoms with Crippen molar-refractivity contribution in [2.75, 3.05) is 23.8 Å². The van der Waals surface area contributed by atoms with Gasteiger partial charge in [-0.05, 0) is 31.2 Å². The molecule has 0 aliphatic rings. The van der Waals surface area contributed by atoms with E-state index in [-0.39, 0.29) is 0 Å². The average molecular weight is 292 g/mol. The van der Waals surface area contributed by atoms with Crippen molar-refractivity contribution in [1.29, 1.82) is 0 Å². The van der Waals surface area contributed by atoms with Gasteiger partial charge < -0.3 is 10.2 Å². The Hall–Kier alpha value is -1.36. The Balaban J connectivity index is 2.36. The zero-order chi connectivity index (χ0) is 14.5. The van der Waals surface area contributed by atoms with E-state index in [0.717, 1.165) is 34.9 Å². The standard InChI is InChI=1S/C15H24N4S/c1-5-7-11(3)19(4)13-12-8-10-20-14(12)18-15(17-13)16-9-6-2/h8,10-11H,5-7,9H2,1-4H3,(H,16,17,18). The van der Waals surface area contributed by atoms with Crippen LogP contribution in [-0.2, 0) is 0 Å². The normalized spacial score (nSPS) is 12.6. The first kappa shape index (κ1) is 15.0. The van der Waals surface area contributed by atoms with Crippen LogP contribution in [0.3, 0.4) is 0 Å². The van der Waals surface area contributed by atoms with Crippen molar-refractivity contribution < 1.29 is 0 Å². The fourth-order valence-electron chi connectivity index (χ4n) is 2.24. The van der Waals surface area contributed by atoms with Gasteiger partial charge in [0.05, 0.1) is 5.39 Å². The summed E-state index contributed by atoms with van der Waals surface area (Å²) in [7, 11) is 2.13. The molecule has 0 spiro atoms. The van der Waals surface area contributed by atoms with E-state index in [2.05, 4.69) is 54.5 Å². The molecule has 20 heavy (non-hydrogen) atoms. The molecule has 0 radical (unpaired) electrons. The lowest BCUT2D eigenvalue weighted by Gasteiger charge is -2.26. The molecule has 2 rings (SSSR count).